The van der Waals surface area contributed by atoms with E-state index < -0.39 is 14.9 Å². The molecule has 0 spiro atoms. The van der Waals surface area contributed by atoms with Crippen molar-refractivity contribution in [3.8, 4) is 0 Å². The Morgan fingerprint density at radius 1 is 1.03 bits per heavy atom. The molecule has 3 aromatic rings. The number of non-ortho nitro benzene ring substituents is 1. The number of halogens is 1. The molecule has 174 valence electrons. The maximum Gasteiger partial charge on any atom is 0.270 e. The summed E-state index contributed by atoms with van der Waals surface area (Å²) in [6.45, 7) is 4.70. The van der Waals surface area contributed by atoms with Gasteiger partial charge in [0.2, 0.25) is 10.0 Å². The lowest BCUT2D eigenvalue weighted by Gasteiger charge is -2.33. The minimum atomic E-state index is -3.80. The standard InChI is InChI=1S/C22H24ClN5O4S/c1-17-21(22(23)27(24-17)15-18-6-3-2-4-7-18)16-25-10-12-26(13-11-25)33(31,32)20-9-5-8-19(14-20)28(29)30/h2-9,14H,10-13,15-16H2,1H3. The van der Waals surface area contributed by atoms with Crippen LogP contribution in [0.1, 0.15) is 16.8 Å². The number of hydrogen-bond acceptors (Lipinski definition) is 6. The van der Waals surface area contributed by atoms with Crippen LogP contribution in [0, 0.1) is 17.0 Å². The van der Waals surface area contributed by atoms with E-state index in [1.165, 1.54) is 22.5 Å². The lowest BCUT2D eigenvalue weighted by atomic mass is 10.2. The van der Waals surface area contributed by atoms with E-state index >= 15 is 0 Å². The van der Waals surface area contributed by atoms with Crippen molar-refractivity contribution < 1.29 is 13.3 Å². The third kappa shape index (κ3) is 5.09. The summed E-state index contributed by atoms with van der Waals surface area (Å²) in [5.41, 5.74) is 2.64. The minimum Gasteiger partial charge on any atom is -0.296 e. The molecule has 0 aliphatic carbocycles. The maximum atomic E-state index is 13.0. The van der Waals surface area contributed by atoms with Gasteiger partial charge in [0.1, 0.15) is 5.15 Å². The van der Waals surface area contributed by atoms with Gasteiger partial charge in [-0.2, -0.15) is 9.40 Å². The molecular formula is C22H24ClN5O4S. The molecule has 9 nitrogen and oxygen atoms in total. The number of aromatic nitrogens is 2. The average molecular weight is 490 g/mol. The van der Waals surface area contributed by atoms with Crippen molar-refractivity contribution in [1.29, 1.82) is 0 Å². The van der Waals surface area contributed by atoms with Crippen LogP contribution in [0.25, 0.3) is 0 Å². The van der Waals surface area contributed by atoms with Gasteiger partial charge in [-0.25, -0.2) is 13.1 Å². The van der Waals surface area contributed by atoms with E-state index in [4.69, 9.17) is 11.6 Å². The van der Waals surface area contributed by atoms with Gasteiger partial charge in [-0.05, 0) is 18.6 Å². The number of nitro benzene ring substituents is 1. The minimum absolute atomic E-state index is 0.0637. The second kappa shape index (κ2) is 9.60. The Morgan fingerprint density at radius 3 is 2.39 bits per heavy atom. The zero-order valence-electron chi connectivity index (χ0n) is 18.1. The molecule has 1 saturated heterocycles. The Bertz CT molecular complexity index is 1260. The van der Waals surface area contributed by atoms with Gasteiger partial charge in [-0.3, -0.25) is 15.0 Å². The summed E-state index contributed by atoms with van der Waals surface area (Å²) < 4.78 is 29.1. The van der Waals surface area contributed by atoms with E-state index in [2.05, 4.69) is 10.00 Å². The fourth-order valence-electron chi connectivity index (χ4n) is 3.89. The van der Waals surface area contributed by atoms with Crippen molar-refractivity contribution in [2.75, 3.05) is 26.2 Å². The molecule has 11 heteroatoms. The molecule has 4 rings (SSSR count). The fraction of sp³-hybridized carbons (Fsp3) is 0.318. The van der Waals surface area contributed by atoms with Gasteiger partial charge >= 0.3 is 0 Å². The van der Waals surface area contributed by atoms with Crippen LogP contribution < -0.4 is 0 Å². The number of aryl methyl sites for hydroxylation is 1. The normalized spacial score (nSPS) is 15.6. The van der Waals surface area contributed by atoms with Crippen LogP contribution in [0.15, 0.2) is 59.5 Å². The summed E-state index contributed by atoms with van der Waals surface area (Å²) in [5.74, 6) is 0. The van der Waals surface area contributed by atoms with Crippen LogP contribution in [0.3, 0.4) is 0 Å². The number of nitrogens with zero attached hydrogens (tertiary/aromatic N) is 5. The average Bonchev–Trinajstić information content (AvgIpc) is 3.07. The molecule has 2 aromatic carbocycles. The molecular weight excluding hydrogens is 466 g/mol. The summed E-state index contributed by atoms with van der Waals surface area (Å²) in [7, 11) is -3.80. The van der Waals surface area contributed by atoms with Crippen LogP contribution in [-0.4, -0.2) is 58.5 Å². The van der Waals surface area contributed by atoms with E-state index in [0.29, 0.717) is 44.4 Å². The van der Waals surface area contributed by atoms with Crippen LogP contribution >= 0.6 is 11.6 Å². The zero-order chi connectivity index (χ0) is 23.6. The predicted molar refractivity (Wildman–Crippen MR) is 125 cm³/mol. The van der Waals surface area contributed by atoms with Crippen molar-refractivity contribution >= 4 is 27.3 Å². The van der Waals surface area contributed by atoms with E-state index in [-0.39, 0.29) is 10.6 Å². The quantitative estimate of drug-likeness (QED) is 0.372. The number of rotatable bonds is 7. The second-order valence-electron chi connectivity index (χ2n) is 7.93. The molecule has 1 aromatic heterocycles. The molecule has 1 aliphatic heterocycles. The van der Waals surface area contributed by atoms with Gasteiger partial charge in [0.05, 0.1) is 22.1 Å². The summed E-state index contributed by atoms with van der Waals surface area (Å²) in [6.07, 6.45) is 0. The molecule has 0 amide bonds. The van der Waals surface area contributed by atoms with Crippen molar-refractivity contribution in [3.63, 3.8) is 0 Å². The number of piperazine rings is 1. The third-order valence-electron chi connectivity index (χ3n) is 5.74. The highest BCUT2D eigenvalue weighted by atomic mass is 35.5. The molecule has 0 radical (unpaired) electrons. The molecule has 33 heavy (non-hydrogen) atoms. The highest BCUT2D eigenvalue weighted by Crippen LogP contribution is 2.25. The predicted octanol–water partition coefficient (Wildman–Crippen LogP) is 3.31. The Morgan fingerprint density at radius 2 is 1.73 bits per heavy atom. The Balaban J connectivity index is 1.42. The summed E-state index contributed by atoms with van der Waals surface area (Å²) in [4.78, 5) is 12.5. The monoisotopic (exact) mass is 489 g/mol. The first-order valence-corrected chi connectivity index (χ1v) is 12.3. The zero-order valence-corrected chi connectivity index (χ0v) is 19.7. The molecule has 0 N–H and O–H groups in total. The SMILES string of the molecule is Cc1nn(Cc2ccccc2)c(Cl)c1CN1CCN(S(=O)(=O)c2cccc([N+](=O)[O-])c2)CC1. The Labute approximate surface area is 197 Å². The number of hydrogen-bond donors (Lipinski definition) is 0. The van der Waals surface area contributed by atoms with Crippen molar-refractivity contribution in [2.24, 2.45) is 0 Å². The largest absolute Gasteiger partial charge is 0.296 e. The van der Waals surface area contributed by atoms with Gasteiger partial charge in [0.25, 0.3) is 5.69 Å². The van der Waals surface area contributed by atoms with Crippen LogP contribution in [-0.2, 0) is 23.1 Å². The molecule has 0 atom stereocenters. The van der Waals surface area contributed by atoms with Crippen LogP contribution in [0.4, 0.5) is 5.69 Å². The first kappa shape index (κ1) is 23.4. The Hall–Kier alpha value is -2.79. The van der Waals surface area contributed by atoms with E-state index in [1.54, 1.807) is 4.68 Å². The third-order valence-corrected chi connectivity index (χ3v) is 8.06. The number of benzene rings is 2. The molecule has 1 aliphatic rings. The fourth-order valence-corrected chi connectivity index (χ4v) is 5.65. The van der Waals surface area contributed by atoms with Gasteiger partial charge in [-0.15, -0.1) is 0 Å². The van der Waals surface area contributed by atoms with Gasteiger partial charge in [0.15, 0.2) is 0 Å². The number of nitro groups is 1. The Kier molecular flexibility index (Phi) is 6.80. The van der Waals surface area contributed by atoms with Gasteiger partial charge < -0.3 is 0 Å². The lowest BCUT2D eigenvalue weighted by molar-refractivity contribution is -0.385. The molecule has 0 unspecified atom stereocenters. The highest BCUT2D eigenvalue weighted by molar-refractivity contribution is 7.89. The summed E-state index contributed by atoms with van der Waals surface area (Å²) in [6, 6.07) is 15.1. The number of sulfonamides is 1. The summed E-state index contributed by atoms with van der Waals surface area (Å²) >= 11 is 6.63. The molecule has 0 saturated carbocycles. The van der Waals surface area contributed by atoms with Crippen LogP contribution in [0.2, 0.25) is 5.15 Å². The van der Waals surface area contributed by atoms with Crippen molar-refractivity contribution in [3.05, 3.63) is 86.7 Å². The highest BCUT2D eigenvalue weighted by Gasteiger charge is 2.30. The van der Waals surface area contributed by atoms with E-state index in [0.717, 1.165) is 22.9 Å². The van der Waals surface area contributed by atoms with E-state index in [9.17, 15) is 18.5 Å². The second-order valence-corrected chi connectivity index (χ2v) is 10.2. The van der Waals surface area contributed by atoms with Gasteiger partial charge in [-0.1, -0.05) is 48.0 Å². The molecule has 1 fully saturated rings. The maximum absolute atomic E-state index is 13.0. The first-order valence-electron chi connectivity index (χ1n) is 10.5. The smallest absolute Gasteiger partial charge is 0.270 e. The van der Waals surface area contributed by atoms with Crippen molar-refractivity contribution in [1.82, 2.24) is 19.0 Å². The molecule has 0 bridgehead atoms. The van der Waals surface area contributed by atoms with Gasteiger partial charge in [0, 0.05) is 50.4 Å². The lowest BCUT2D eigenvalue weighted by Crippen LogP contribution is -2.48. The first-order chi connectivity index (χ1) is 15.8. The topological polar surface area (TPSA) is 102 Å². The van der Waals surface area contributed by atoms with Crippen molar-refractivity contribution in [2.45, 2.75) is 24.9 Å². The van der Waals surface area contributed by atoms with Crippen LogP contribution in [0.5, 0.6) is 0 Å². The molecule has 2 heterocycles. The van der Waals surface area contributed by atoms with E-state index in [1.807, 2.05) is 37.3 Å². The summed E-state index contributed by atoms with van der Waals surface area (Å²) in [5, 5.41) is 16.2.